The van der Waals surface area contributed by atoms with E-state index in [9.17, 15) is 9.18 Å². The Kier molecular flexibility index (Phi) is 5.03. The van der Waals surface area contributed by atoms with E-state index in [4.69, 9.17) is 11.6 Å². The first-order valence-electron chi connectivity index (χ1n) is 8.91. The second-order valence-corrected chi connectivity index (χ2v) is 7.26. The van der Waals surface area contributed by atoms with Crippen LogP contribution >= 0.6 is 11.6 Å². The molecule has 140 valence electrons. The molecule has 1 saturated carbocycles. The Labute approximate surface area is 161 Å². The molecule has 2 aromatic heterocycles. The van der Waals surface area contributed by atoms with Gasteiger partial charge in [0.05, 0.1) is 6.20 Å². The fourth-order valence-corrected chi connectivity index (χ4v) is 3.92. The molecule has 2 aliphatic rings. The SMILES string of the molecule is O=C(/C=C/c1cccnc1)NCC[C@@H]1[C@H]2CN(c3ncc(F)c(Cl)n3)C[C@@H]12. The van der Waals surface area contributed by atoms with Gasteiger partial charge < -0.3 is 10.2 Å². The Balaban J connectivity index is 1.19. The first-order chi connectivity index (χ1) is 13.1. The molecule has 0 unspecified atom stereocenters. The summed E-state index contributed by atoms with van der Waals surface area (Å²) in [5.41, 5.74) is 0.896. The van der Waals surface area contributed by atoms with Crippen LogP contribution < -0.4 is 10.2 Å². The number of anilines is 1. The lowest BCUT2D eigenvalue weighted by Crippen LogP contribution is -2.27. The van der Waals surface area contributed by atoms with E-state index in [1.54, 1.807) is 18.5 Å². The number of amides is 1. The van der Waals surface area contributed by atoms with Crippen molar-refractivity contribution in [2.45, 2.75) is 6.42 Å². The smallest absolute Gasteiger partial charge is 0.244 e. The lowest BCUT2D eigenvalue weighted by molar-refractivity contribution is -0.116. The van der Waals surface area contributed by atoms with Crippen LogP contribution in [0.4, 0.5) is 10.3 Å². The summed E-state index contributed by atoms with van der Waals surface area (Å²) in [5, 5.41) is 2.79. The van der Waals surface area contributed by atoms with Crippen LogP contribution in [-0.4, -0.2) is 40.5 Å². The predicted octanol–water partition coefficient (Wildman–Crippen LogP) is 2.57. The molecule has 3 atom stereocenters. The zero-order valence-electron chi connectivity index (χ0n) is 14.6. The molecule has 1 saturated heterocycles. The van der Waals surface area contributed by atoms with E-state index in [1.807, 2.05) is 17.0 Å². The predicted molar refractivity (Wildman–Crippen MR) is 101 cm³/mol. The van der Waals surface area contributed by atoms with Crippen LogP contribution in [0.3, 0.4) is 0 Å². The van der Waals surface area contributed by atoms with Gasteiger partial charge in [0.2, 0.25) is 11.9 Å². The van der Waals surface area contributed by atoms with E-state index in [0.29, 0.717) is 30.2 Å². The van der Waals surface area contributed by atoms with Crippen LogP contribution in [0, 0.1) is 23.6 Å². The average Bonchev–Trinajstić information content (AvgIpc) is 3.12. The molecule has 0 aromatic carbocycles. The fourth-order valence-electron chi connectivity index (χ4n) is 3.80. The summed E-state index contributed by atoms with van der Waals surface area (Å²) in [4.78, 5) is 25.9. The van der Waals surface area contributed by atoms with E-state index in [1.165, 1.54) is 6.08 Å². The van der Waals surface area contributed by atoms with Gasteiger partial charge in [0, 0.05) is 38.1 Å². The van der Waals surface area contributed by atoms with Gasteiger partial charge in [0.25, 0.3) is 0 Å². The number of carbonyl (C=O) groups excluding carboxylic acids is 1. The number of halogens is 2. The third-order valence-electron chi connectivity index (χ3n) is 5.23. The van der Waals surface area contributed by atoms with Crippen LogP contribution in [-0.2, 0) is 4.79 Å². The zero-order chi connectivity index (χ0) is 18.8. The van der Waals surface area contributed by atoms with Crippen LogP contribution in [0.1, 0.15) is 12.0 Å². The number of pyridine rings is 1. The lowest BCUT2D eigenvalue weighted by atomic mass is 10.2. The molecule has 1 aliphatic carbocycles. The summed E-state index contributed by atoms with van der Waals surface area (Å²) in [6.45, 7) is 2.37. The fraction of sp³-hybridized carbons (Fsp3) is 0.368. The summed E-state index contributed by atoms with van der Waals surface area (Å²) >= 11 is 5.73. The van der Waals surface area contributed by atoms with Crippen molar-refractivity contribution in [1.82, 2.24) is 20.3 Å². The highest BCUT2D eigenvalue weighted by Gasteiger charge is 2.55. The van der Waals surface area contributed by atoms with Gasteiger partial charge >= 0.3 is 0 Å². The Bertz CT molecular complexity index is 850. The summed E-state index contributed by atoms with van der Waals surface area (Å²) in [5.74, 6) is 1.57. The van der Waals surface area contributed by atoms with Gasteiger partial charge in [0.1, 0.15) is 0 Å². The molecule has 0 bridgehead atoms. The Morgan fingerprint density at radius 3 is 2.89 bits per heavy atom. The quantitative estimate of drug-likeness (QED) is 0.609. The van der Waals surface area contributed by atoms with Gasteiger partial charge in [-0.15, -0.1) is 0 Å². The van der Waals surface area contributed by atoms with Crippen molar-refractivity contribution in [2.24, 2.45) is 17.8 Å². The molecule has 8 heteroatoms. The average molecular weight is 388 g/mol. The highest BCUT2D eigenvalue weighted by Crippen LogP contribution is 2.53. The summed E-state index contributed by atoms with van der Waals surface area (Å²) in [6, 6.07) is 3.73. The molecule has 6 nitrogen and oxygen atoms in total. The van der Waals surface area contributed by atoms with Crippen molar-refractivity contribution in [3.63, 3.8) is 0 Å². The summed E-state index contributed by atoms with van der Waals surface area (Å²) in [7, 11) is 0. The first-order valence-corrected chi connectivity index (χ1v) is 9.28. The van der Waals surface area contributed by atoms with Crippen molar-refractivity contribution >= 4 is 29.5 Å². The molecule has 2 aromatic rings. The van der Waals surface area contributed by atoms with Crippen molar-refractivity contribution in [3.8, 4) is 0 Å². The van der Waals surface area contributed by atoms with E-state index in [0.717, 1.165) is 31.3 Å². The zero-order valence-corrected chi connectivity index (χ0v) is 15.3. The monoisotopic (exact) mass is 387 g/mol. The second-order valence-electron chi connectivity index (χ2n) is 6.90. The normalized spacial score (nSPS) is 23.5. The highest BCUT2D eigenvalue weighted by molar-refractivity contribution is 6.29. The Morgan fingerprint density at radius 1 is 1.37 bits per heavy atom. The number of nitrogens with zero attached hydrogens (tertiary/aromatic N) is 4. The maximum Gasteiger partial charge on any atom is 0.244 e. The van der Waals surface area contributed by atoms with Gasteiger partial charge in [-0.25, -0.2) is 9.37 Å². The topological polar surface area (TPSA) is 71.0 Å². The van der Waals surface area contributed by atoms with Gasteiger partial charge in [-0.2, -0.15) is 4.98 Å². The van der Waals surface area contributed by atoms with Gasteiger partial charge in [-0.05, 0) is 41.9 Å². The Hall–Kier alpha value is -2.54. The van der Waals surface area contributed by atoms with Crippen LogP contribution in [0.5, 0.6) is 0 Å². The van der Waals surface area contributed by atoms with Crippen LogP contribution in [0.25, 0.3) is 6.08 Å². The first kappa shape index (κ1) is 17.9. The van der Waals surface area contributed by atoms with Gasteiger partial charge in [-0.1, -0.05) is 17.7 Å². The maximum absolute atomic E-state index is 13.2. The minimum Gasteiger partial charge on any atom is -0.353 e. The molecule has 27 heavy (non-hydrogen) atoms. The van der Waals surface area contributed by atoms with Gasteiger partial charge in [-0.3, -0.25) is 9.78 Å². The summed E-state index contributed by atoms with van der Waals surface area (Å²) in [6.07, 6.45) is 8.75. The number of hydrogen-bond acceptors (Lipinski definition) is 5. The minimum absolute atomic E-state index is 0.0966. The number of hydrogen-bond donors (Lipinski definition) is 1. The van der Waals surface area contributed by atoms with Crippen LogP contribution in [0.15, 0.2) is 36.8 Å². The van der Waals surface area contributed by atoms with E-state index in [2.05, 4.69) is 20.3 Å². The third-order valence-corrected chi connectivity index (χ3v) is 5.50. The maximum atomic E-state index is 13.2. The molecule has 4 rings (SSSR count). The van der Waals surface area contributed by atoms with E-state index >= 15 is 0 Å². The molecule has 0 spiro atoms. The van der Waals surface area contributed by atoms with Crippen molar-refractivity contribution < 1.29 is 9.18 Å². The molecule has 2 fully saturated rings. The minimum atomic E-state index is -0.601. The van der Waals surface area contributed by atoms with Crippen molar-refractivity contribution in [1.29, 1.82) is 0 Å². The number of carbonyl (C=O) groups is 1. The van der Waals surface area contributed by atoms with E-state index < -0.39 is 5.82 Å². The number of fused-ring (bicyclic) bond motifs is 1. The Morgan fingerprint density at radius 2 is 2.19 bits per heavy atom. The standard InChI is InChI=1S/C19H19ClFN5O/c20-18-16(21)9-24-19(25-18)26-10-14-13(15(14)11-26)5-7-23-17(27)4-3-12-2-1-6-22-8-12/h1-4,6,8-9,13-15H,5,7,10-11H2,(H,23,27)/b4-3+/t13-,14-,15+. The van der Waals surface area contributed by atoms with E-state index in [-0.39, 0.29) is 11.1 Å². The molecule has 0 radical (unpaired) electrons. The largest absolute Gasteiger partial charge is 0.353 e. The second kappa shape index (κ2) is 7.60. The number of piperidine rings is 1. The highest BCUT2D eigenvalue weighted by atomic mass is 35.5. The van der Waals surface area contributed by atoms with Crippen molar-refractivity contribution in [3.05, 3.63) is 53.3 Å². The lowest BCUT2D eigenvalue weighted by Gasteiger charge is -2.19. The number of aromatic nitrogens is 3. The molecular formula is C19H19ClFN5O. The molecule has 1 N–H and O–H groups in total. The third kappa shape index (κ3) is 4.08. The molecule has 1 aliphatic heterocycles. The molecular weight excluding hydrogens is 369 g/mol. The van der Waals surface area contributed by atoms with Crippen LogP contribution in [0.2, 0.25) is 5.15 Å². The number of nitrogens with one attached hydrogen (secondary N) is 1. The summed E-state index contributed by atoms with van der Waals surface area (Å²) < 4.78 is 13.2. The van der Waals surface area contributed by atoms with Gasteiger partial charge in [0.15, 0.2) is 11.0 Å². The van der Waals surface area contributed by atoms with Crippen molar-refractivity contribution in [2.75, 3.05) is 24.5 Å². The molecule has 3 heterocycles. The molecule has 1 amide bonds. The number of rotatable bonds is 6.